The Labute approximate surface area is 109 Å². The Bertz CT molecular complexity index is 403. The Kier molecular flexibility index (Phi) is 5.49. The van der Waals surface area contributed by atoms with Gasteiger partial charge in [0.25, 0.3) is 0 Å². The van der Waals surface area contributed by atoms with Crippen molar-refractivity contribution in [1.82, 2.24) is 5.32 Å². The molecule has 0 aliphatic rings. The van der Waals surface area contributed by atoms with Crippen LogP contribution in [0.25, 0.3) is 0 Å². The molecule has 0 saturated heterocycles. The second-order valence-electron chi connectivity index (χ2n) is 4.44. The van der Waals surface area contributed by atoms with Gasteiger partial charge in [-0.2, -0.15) is 0 Å². The first-order valence-electron chi connectivity index (χ1n) is 6.35. The molecule has 0 atom stereocenters. The number of rotatable bonds is 5. The van der Waals surface area contributed by atoms with Crippen LogP contribution in [0.5, 0.6) is 5.75 Å². The number of urea groups is 1. The molecular formula is C14H22N2O2. The van der Waals surface area contributed by atoms with Crippen molar-refractivity contribution >= 4 is 11.7 Å². The lowest BCUT2D eigenvalue weighted by Crippen LogP contribution is -2.24. The van der Waals surface area contributed by atoms with Gasteiger partial charge in [0.15, 0.2) is 0 Å². The highest BCUT2D eigenvalue weighted by Crippen LogP contribution is 2.25. The van der Waals surface area contributed by atoms with Crippen molar-refractivity contribution in [1.29, 1.82) is 0 Å². The number of nitrogens with one attached hydrogen (secondary N) is 2. The molecule has 0 aliphatic carbocycles. The fourth-order valence-electron chi connectivity index (χ4n) is 1.68. The van der Waals surface area contributed by atoms with Gasteiger partial charge in [-0.1, -0.05) is 13.3 Å². The van der Waals surface area contributed by atoms with E-state index in [1.807, 2.05) is 32.0 Å². The van der Waals surface area contributed by atoms with Crippen molar-refractivity contribution in [2.75, 3.05) is 12.4 Å². The summed E-state index contributed by atoms with van der Waals surface area (Å²) in [5.74, 6) is 0.898. The third kappa shape index (κ3) is 4.28. The Morgan fingerprint density at radius 1 is 1.39 bits per heavy atom. The minimum Gasteiger partial charge on any atom is -0.491 e. The molecule has 0 heterocycles. The van der Waals surface area contributed by atoms with Crippen LogP contribution in [-0.4, -0.2) is 19.2 Å². The maximum absolute atomic E-state index is 11.3. The lowest BCUT2D eigenvalue weighted by Gasteiger charge is -2.15. The molecule has 1 aromatic rings. The number of aryl methyl sites for hydroxylation is 1. The van der Waals surface area contributed by atoms with Crippen molar-refractivity contribution in [3.05, 3.63) is 23.8 Å². The smallest absolute Gasteiger partial charge is 0.318 e. The second-order valence-corrected chi connectivity index (χ2v) is 4.44. The average Bonchev–Trinajstić information content (AvgIpc) is 2.32. The van der Waals surface area contributed by atoms with Gasteiger partial charge in [-0.05, 0) is 44.0 Å². The van der Waals surface area contributed by atoms with Crippen LogP contribution >= 0.6 is 0 Å². The van der Waals surface area contributed by atoms with Crippen LogP contribution in [0.15, 0.2) is 18.2 Å². The molecule has 4 heteroatoms. The van der Waals surface area contributed by atoms with E-state index in [-0.39, 0.29) is 12.1 Å². The number of carbonyl (C=O) groups excluding carboxylic acids is 1. The number of benzene rings is 1. The standard InChI is InChI=1S/C14H22N2O2/c1-5-6-11-9-12(16-14(17)15-4)7-8-13(11)18-10(2)3/h7-10H,5-6H2,1-4H3,(H2,15,16,17). The Morgan fingerprint density at radius 2 is 2.11 bits per heavy atom. The van der Waals surface area contributed by atoms with Crippen LogP contribution < -0.4 is 15.4 Å². The number of hydrogen-bond donors (Lipinski definition) is 2. The molecule has 0 saturated carbocycles. The summed E-state index contributed by atoms with van der Waals surface area (Å²) in [6.45, 7) is 6.14. The molecule has 0 radical (unpaired) electrons. The number of ether oxygens (including phenoxy) is 1. The van der Waals surface area contributed by atoms with Gasteiger partial charge in [-0.25, -0.2) is 4.79 Å². The lowest BCUT2D eigenvalue weighted by molar-refractivity contribution is 0.240. The van der Waals surface area contributed by atoms with E-state index in [1.165, 1.54) is 0 Å². The number of anilines is 1. The van der Waals surface area contributed by atoms with Crippen molar-refractivity contribution in [2.45, 2.75) is 39.7 Å². The average molecular weight is 250 g/mol. The Balaban J connectivity index is 2.91. The SMILES string of the molecule is CCCc1cc(NC(=O)NC)ccc1OC(C)C. The quantitative estimate of drug-likeness (QED) is 0.843. The van der Waals surface area contributed by atoms with E-state index >= 15 is 0 Å². The molecule has 1 rings (SSSR count). The van der Waals surface area contributed by atoms with Crippen LogP contribution in [0.3, 0.4) is 0 Å². The molecule has 0 unspecified atom stereocenters. The van der Waals surface area contributed by atoms with Gasteiger partial charge in [0.1, 0.15) is 5.75 Å². The van der Waals surface area contributed by atoms with Crippen LogP contribution in [0, 0.1) is 0 Å². The van der Waals surface area contributed by atoms with Crippen molar-refractivity contribution in [3.8, 4) is 5.75 Å². The van der Waals surface area contributed by atoms with Gasteiger partial charge in [-0.3, -0.25) is 0 Å². The predicted octanol–water partition coefficient (Wildman–Crippen LogP) is 3.18. The number of amides is 2. The van der Waals surface area contributed by atoms with Crippen LogP contribution in [-0.2, 0) is 6.42 Å². The first kappa shape index (κ1) is 14.4. The maximum Gasteiger partial charge on any atom is 0.318 e. The number of hydrogen-bond acceptors (Lipinski definition) is 2. The molecule has 0 spiro atoms. The largest absolute Gasteiger partial charge is 0.491 e. The van der Waals surface area contributed by atoms with E-state index in [9.17, 15) is 4.79 Å². The highest BCUT2D eigenvalue weighted by Gasteiger charge is 2.07. The molecule has 0 aliphatic heterocycles. The zero-order valence-electron chi connectivity index (χ0n) is 11.5. The fraction of sp³-hybridized carbons (Fsp3) is 0.500. The van der Waals surface area contributed by atoms with E-state index in [1.54, 1.807) is 7.05 Å². The van der Waals surface area contributed by atoms with Gasteiger partial charge >= 0.3 is 6.03 Å². The van der Waals surface area contributed by atoms with Gasteiger partial charge in [0.05, 0.1) is 6.10 Å². The molecular weight excluding hydrogens is 228 g/mol. The van der Waals surface area contributed by atoms with E-state index < -0.39 is 0 Å². The first-order chi connectivity index (χ1) is 8.56. The fourth-order valence-corrected chi connectivity index (χ4v) is 1.68. The van der Waals surface area contributed by atoms with E-state index in [2.05, 4.69) is 17.6 Å². The third-order valence-electron chi connectivity index (χ3n) is 2.43. The van der Waals surface area contributed by atoms with Gasteiger partial charge in [0, 0.05) is 12.7 Å². The minimum absolute atomic E-state index is 0.151. The first-order valence-corrected chi connectivity index (χ1v) is 6.35. The normalized spacial score (nSPS) is 10.3. The predicted molar refractivity (Wildman–Crippen MR) is 74.3 cm³/mol. The Hall–Kier alpha value is -1.71. The molecule has 1 aromatic carbocycles. The zero-order chi connectivity index (χ0) is 13.5. The molecule has 0 bridgehead atoms. The summed E-state index contributed by atoms with van der Waals surface area (Å²) < 4.78 is 5.76. The van der Waals surface area contributed by atoms with Crippen molar-refractivity contribution in [3.63, 3.8) is 0 Å². The van der Waals surface area contributed by atoms with E-state index in [0.717, 1.165) is 29.8 Å². The van der Waals surface area contributed by atoms with Gasteiger partial charge in [-0.15, -0.1) is 0 Å². The monoisotopic (exact) mass is 250 g/mol. The highest BCUT2D eigenvalue weighted by molar-refractivity contribution is 5.89. The number of carbonyl (C=O) groups is 1. The summed E-state index contributed by atoms with van der Waals surface area (Å²) in [5.41, 5.74) is 1.91. The van der Waals surface area contributed by atoms with Crippen LogP contribution in [0.2, 0.25) is 0 Å². The topological polar surface area (TPSA) is 50.4 Å². The second kappa shape index (κ2) is 6.89. The summed E-state index contributed by atoms with van der Waals surface area (Å²) >= 11 is 0. The third-order valence-corrected chi connectivity index (χ3v) is 2.43. The van der Waals surface area contributed by atoms with Gasteiger partial charge < -0.3 is 15.4 Å². The summed E-state index contributed by atoms with van der Waals surface area (Å²) in [5, 5.41) is 5.30. The van der Waals surface area contributed by atoms with Crippen molar-refractivity contribution in [2.24, 2.45) is 0 Å². The minimum atomic E-state index is -0.213. The van der Waals surface area contributed by atoms with E-state index in [0.29, 0.717) is 0 Å². The summed E-state index contributed by atoms with van der Waals surface area (Å²) in [7, 11) is 1.60. The molecule has 2 N–H and O–H groups in total. The molecule has 0 fully saturated rings. The lowest BCUT2D eigenvalue weighted by atomic mass is 10.1. The summed E-state index contributed by atoms with van der Waals surface area (Å²) in [6.07, 6.45) is 2.13. The molecule has 4 nitrogen and oxygen atoms in total. The van der Waals surface area contributed by atoms with Crippen LogP contribution in [0.1, 0.15) is 32.8 Å². The van der Waals surface area contributed by atoms with E-state index in [4.69, 9.17) is 4.74 Å². The zero-order valence-corrected chi connectivity index (χ0v) is 11.5. The Morgan fingerprint density at radius 3 is 2.67 bits per heavy atom. The molecule has 18 heavy (non-hydrogen) atoms. The molecule has 2 amide bonds. The van der Waals surface area contributed by atoms with Gasteiger partial charge in [0.2, 0.25) is 0 Å². The van der Waals surface area contributed by atoms with Crippen molar-refractivity contribution < 1.29 is 9.53 Å². The highest BCUT2D eigenvalue weighted by atomic mass is 16.5. The summed E-state index contributed by atoms with van der Waals surface area (Å²) in [6, 6.07) is 5.52. The van der Waals surface area contributed by atoms with Crippen LogP contribution in [0.4, 0.5) is 10.5 Å². The molecule has 100 valence electrons. The summed E-state index contributed by atoms with van der Waals surface area (Å²) in [4.78, 5) is 11.3. The molecule has 0 aromatic heterocycles. The maximum atomic E-state index is 11.3.